The topological polar surface area (TPSA) is 20.2 Å². The van der Waals surface area contributed by atoms with Crippen LogP contribution in [0.3, 0.4) is 0 Å². The van der Waals surface area contributed by atoms with Gasteiger partial charge in [-0.15, -0.1) is 11.3 Å². The van der Waals surface area contributed by atoms with E-state index in [1.54, 1.807) is 11.3 Å². The van der Waals surface area contributed by atoms with Crippen molar-refractivity contribution in [2.24, 2.45) is 0 Å². The zero-order chi connectivity index (χ0) is 11.7. The molecule has 0 bridgehead atoms. The fraction of sp³-hybridized carbons (Fsp3) is 0.467. The molecular formula is C15H18OS. The second kappa shape index (κ2) is 4.69. The summed E-state index contributed by atoms with van der Waals surface area (Å²) in [5, 5.41) is 13.2. The van der Waals surface area contributed by atoms with Crippen LogP contribution in [-0.2, 0) is 0 Å². The molecule has 0 radical (unpaired) electrons. The third-order valence-electron chi connectivity index (χ3n) is 3.88. The molecule has 1 saturated carbocycles. The number of phenolic OH excluding ortho intramolecular Hbond substituents is 1. The Morgan fingerprint density at radius 1 is 1.06 bits per heavy atom. The lowest BCUT2D eigenvalue weighted by atomic mass is 9.91. The summed E-state index contributed by atoms with van der Waals surface area (Å²) in [6, 6.07) is 5.79. The average molecular weight is 246 g/mol. The summed E-state index contributed by atoms with van der Waals surface area (Å²) in [6.07, 6.45) is 8.23. The Kier molecular flexibility index (Phi) is 3.06. The molecule has 1 aromatic carbocycles. The van der Waals surface area contributed by atoms with Crippen LogP contribution in [0, 0.1) is 0 Å². The third kappa shape index (κ3) is 2.19. The van der Waals surface area contributed by atoms with E-state index in [1.165, 1.54) is 54.2 Å². The van der Waals surface area contributed by atoms with Crippen molar-refractivity contribution in [1.82, 2.24) is 0 Å². The Morgan fingerprint density at radius 3 is 2.59 bits per heavy atom. The second-order valence-electron chi connectivity index (χ2n) is 5.06. The maximum Gasteiger partial charge on any atom is 0.117 e. The summed E-state index contributed by atoms with van der Waals surface area (Å²) in [5.74, 6) is 1.13. The molecule has 1 nitrogen and oxygen atoms in total. The number of hydrogen-bond acceptors (Lipinski definition) is 2. The van der Waals surface area contributed by atoms with Crippen LogP contribution >= 0.6 is 11.3 Å². The predicted octanol–water partition coefficient (Wildman–Crippen LogP) is 5.04. The van der Waals surface area contributed by atoms with Crippen molar-refractivity contribution < 1.29 is 5.11 Å². The monoisotopic (exact) mass is 246 g/mol. The molecule has 0 atom stereocenters. The van der Waals surface area contributed by atoms with Gasteiger partial charge in [-0.25, -0.2) is 0 Å². The molecule has 0 aliphatic heterocycles. The SMILES string of the molecule is Oc1ccc2c(C3CCCCCC3)csc2c1. The van der Waals surface area contributed by atoms with Gasteiger partial charge in [-0.1, -0.05) is 25.7 Å². The Labute approximate surface area is 106 Å². The molecule has 90 valence electrons. The van der Waals surface area contributed by atoms with E-state index in [0.29, 0.717) is 5.75 Å². The fourth-order valence-corrected chi connectivity index (χ4v) is 4.02. The Hall–Kier alpha value is -1.02. The molecule has 3 rings (SSSR count). The lowest BCUT2D eigenvalue weighted by molar-refractivity contribution is 0.476. The van der Waals surface area contributed by atoms with Gasteiger partial charge in [0, 0.05) is 4.70 Å². The molecule has 1 heterocycles. The van der Waals surface area contributed by atoms with E-state index in [4.69, 9.17) is 0 Å². The van der Waals surface area contributed by atoms with Gasteiger partial charge in [-0.3, -0.25) is 0 Å². The standard InChI is InChI=1S/C15H18OS/c16-12-7-8-13-14(10-17-15(13)9-12)11-5-3-1-2-4-6-11/h7-11,16H,1-6H2. The van der Waals surface area contributed by atoms with Gasteiger partial charge in [-0.2, -0.15) is 0 Å². The van der Waals surface area contributed by atoms with Crippen molar-refractivity contribution in [2.75, 3.05) is 0 Å². The minimum Gasteiger partial charge on any atom is -0.508 e. The number of fused-ring (bicyclic) bond motifs is 1. The van der Waals surface area contributed by atoms with Crippen molar-refractivity contribution in [3.8, 4) is 5.75 Å². The average Bonchev–Trinajstić information content (AvgIpc) is 2.57. The normalized spacial score (nSPS) is 18.4. The minimum atomic E-state index is 0.381. The number of benzene rings is 1. The molecule has 1 fully saturated rings. The molecule has 2 aromatic rings. The molecule has 0 saturated heterocycles. The summed E-state index contributed by atoms with van der Waals surface area (Å²) < 4.78 is 1.23. The zero-order valence-electron chi connectivity index (χ0n) is 9.98. The van der Waals surface area contributed by atoms with Crippen LogP contribution in [0.15, 0.2) is 23.6 Å². The first-order valence-corrected chi connectivity index (χ1v) is 7.42. The van der Waals surface area contributed by atoms with Crippen LogP contribution in [0.4, 0.5) is 0 Å². The summed E-state index contributed by atoms with van der Waals surface area (Å²) >= 11 is 1.77. The van der Waals surface area contributed by atoms with E-state index in [-0.39, 0.29) is 0 Å². The maximum absolute atomic E-state index is 9.50. The van der Waals surface area contributed by atoms with Crippen LogP contribution < -0.4 is 0 Å². The maximum atomic E-state index is 9.50. The minimum absolute atomic E-state index is 0.381. The van der Waals surface area contributed by atoms with E-state index in [0.717, 1.165) is 5.92 Å². The van der Waals surface area contributed by atoms with E-state index in [9.17, 15) is 5.11 Å². The third-order valence-corrected chi connectivity index (χ3v) is 4.85. The number of rotatable bonds is 1. The van der Waals surface area contributed by atoms with E-state index in [2.05, 4.69) is 11.4 Å². The van der Waals surface area contributed by atoms with Crippen LogP contribution in [0.2, 0.25) is 0 Å². The fourth-order valence-electron chi connectivity index (χ4n) is 2.94. The summed E-state index contributed by atoms with van der Waals surface area (Å²) in [4.78, 5) is 0. The Balaban J connectivity index is 1.98. The second-order valence-corrected chi connectivity index (χ2v) is 5.97. The van der Waals surface area contributed by atoms with Crippen molar-refractivity contribution in [3.63, 3.8) is 0 Å². The Morgan fingerprint density at radius 2 is 1.82 bits per heavy atom. The highest BCUT2D eigenvalue weighted by atomic mass is 32.1. The summed E-state index contributed by atoms with van der Waals surface area (Å²) in [7, 11) is 0. The zero-order valence-corrected chi connectivity index (χ0v) is 10.8. The van der Waals surface area contributed by atoms with E-state index in [1.807, 2.05) is 12.1 Å². The van der Waals surface area contributed by atoms with Crippen LogP contribution in [0.25, 0.3) is 10.1 Å². The Bertz CT molecular complexity index is 507. The van der Waals surface area contributed by atoms with Gasteiger partial charge in [-0.05, 0) is 53.3 Å². The lowest BCUT2D eigenvalue weighted by Crippen LogP contribution is -1.95. The number of aromatic hydroxyl groups is 1. The van der Waals surface area contributed by atoms with Gasteiger partial charge in [0.05, 0.1) is 0 Å². The molecule has 1 aliphatic carbocycles. The molecule has 0 unspecified atom stereocenters. The molecule has 17 heavy (non-hydrogen) atoms. The summed E-state index contributed by atoms with van der Waals surface area (Å²) in [6.45, 7) is 0. The van der Waals surface area contributed by atoms with Crippen molar-refractivity contribution in [1.29, 1.82) is 0 Å². The van der Waals surface area contributed by atoms with Crippen molar-refractivity contribution in [3.05, 3.63) is 29.1 Å². The molecule has 1 aromatic heterocycles. The number of phenols is 1. The van der Waals surface area contributed by atoms with E-state index < -0.39 is 0 Å². The number of thiophene rings is 1. The van der Waals surface area contributed by atoms with Crippen molar-refractivity contribution >= 4 is 21.4 Å². The molecular weight excluding hydrogens is 228 g/mol. The summed E-state index contributed by atoms with van der Waals surface area (Å²) in [5.41, 5.74) is 1.52. The first-order valence-electron chi connectivity index (χ1n) is 6.55. The van der Waals surface area contributed by atoms with Gasteiger partial charge in [0.15, 0.2) is 0 Å². The van der Waals surface area contributed by atoms with Gasteiger partial charge < -0.3 is 5.11 Å². The van der Waals surface area contributed by atoms with Gasteiger partial charge >= 0.3 is 0 Å². The highest BCUT2D eigenvalue weighted by Crippen LogP contribution is 2.39. The van der Waals surface area contributed by atoms with Gasteiger partial charge in [0.25, 0.3) is 0 Å². The molecule has 0 spiro atoms. The van der Waals surface area contributed by atoms with Gasteiger partial charge in [0.1, 0.15) is 5.75 Å². The lowest BCUT2D eigenvalue weighted by Gasteiger charge is -2.13. The highest BCUT2D eigenvalue weighted by Gasteiger charge is 2.17. The number of hydrogen-bond donors (Lipinski definition) is 1. The highest BCUT2D eigenvalue weighted by molar-refractivity contribution is 7.17. The molecule has 1 N–H and O–H groups in total. The largest absolute Gasteiger partial charge is 0.508 e. The molecule has 0 amide bonds. The quantitative estimate of drug-likeness (QED) is 0.698. The molecule has 2 heteroatoms. The first-order chi connectivity index (χ1) is 8.34. The molecule has 1 aliphatic rings. The predicted molar refractivity (Wildman–Crippen MR) is 73.9 cm³/mol. The first kappa shape index (κ1) is 11.1. The van der Waals surface area contributed by atoms with Crippen LogP contribution in [0.5, 0.6) is 5.75 Å². The van der Waals surface area contributed by atoms with E-state index >= 15 is 0 Å². The smallest absolute Gasteiger partial charge is 0.117 e. The van der Waals surface area contributed by atoms with Gasteiger partial charge in [0.2, 0.25) is 0 Å². The van der Waals surface area contributed by atoms with Crippen LogP contribution in [-0.4, -0.2) is 5.11 Å². The van der Waals surface area contributed by atoms with Crippen LogP contribution in [0.1, 0.15) is 50.0 Å². The van der Waals surface area contributed by atoms with Crippen molar-refractivity contribution in [2.45, 2.75) is 44.4 Å².